The van der Waals surface area contributed by atoms with Gasteiger partial charge in [-0.2, -0.15) is 5.26 Å². The minimum atomic E-state index is 0.566. The van der Waals surface area contributed by atoms with E-state index in [9.17, 15) is 5.26 Å². The number of allylic oxidation sites excluding steroid dienone is 6. The van der Waals surface area contributed by atoms with Gasteiger partial charge >= 0.3 is 0 Å². The highest BCUT2D eigenvalue weighted by atomic mass is 14.5. The maximum Gasteiger partial charge on any atom is 0.0988 e. The Morgan fingerprint density at radius 1 is 0.711 bits per heavy atom. The minimum absolute atomic E-state index is 0.566. The second kappa shape index (κ2) is 11.3. The van der Waals surface area contributed by atoms with E-state index in [1.807, 2.05) is 6.08 Å². The van der Waals surface area contributed by atoms with Crippen LogP contribution in [0.2, 0.25) is 0 Å². The molecule has 0 unspecified atom stereocenters. The van der Waals surface area contributed by atoms with E-state index in [0.29, 0.717) is 5.57 Å². The van der Waals surface area contributed by atoms with Crippen LogP contribution >= 0.6 is 0 Å². The van der Waals surface area contributed by atoms with Gasteiger partial charge in [0.25, 0.3) is 0 Å². The summed E-state index contributed by atoms with van der Waals surface area (Å²) in [5.41, 5.74) is 16.8. The summed E-state index contributed by atoms with van der Waals surface area (Å²) < 4.78 is 0. The second-order valence-electron chi connectivity index (χ2n) is 9.14. The first-order valence-electron chi connectivity index (χ1n) is 12.7. The van der Waals surface area contributed by atoms with Crippen LogP contribution in [-0.2, 0) is 0 Å². The van der Waals surface area contributed by atoms with E-state index in [0.717, 1.165) is 29.4 Å². The van der Waals surface area contributed by atoms with Crippen molar-refractivity contribution in [3.05, 3.63) is 139 Å². The molecule has 5 aromatic rings. The fourth-order valence-electron chi connectivity index (χ4n) is 5.11. The van der Waals surface area contributed by atoms with Gasteiger partial charge in [0.2, 0.25) is 0 Å². The molecule has 3 nitrogen and oxygen atoms in total. The van der Waals surface area contributed by atoms with Crippen molar-refractivity contribution in [2.45, 2.75) is 12.8 Å². The predicted octanol–water partition coefficient (Wildman–Crippen LogP) is 8.37. The first-order valence-corrected chi connectivity index (χ1v) is 12.7. The van der Waals surface area contributed by atoms with Gasteiger partial charge in [0.15, 0.2) is 0 Å². The maximum atomic E-state index is 9.20. The molecule has 0 atom stereocenters. The molecule has 4 N–H and O–H groups in total. The Morgan fingerprint density at radius 3 is 2.05 bits per heavy atom. The number of unbranched alkanes of at least 4 members (excludes halogenated alkanes) is 1. The largest absolute Gasteiger partial charge is 0.405 e. The number of benzene rings is 5. The quantitative estimate of drug-likeness (QED) is 0.104. The third-order valence-corrected chi connectivity index (χ3v) is 6.82. The number of fused-ring (bicyclic) bond motifs is 3. The molecule has 0 spiro atoms. The van der Waals surface area contributed by atoms with Crippen LogP contribution in [0.4, 0.5) is 0 Å². The van der Waals surface area contributed by atoms with Gasteiger partial charge in [-0.15, -0.1) is 0 Å². The summed E-state index contributed by atoms with van der Waals surface area (Å²) >= 11 is 0. The lowest BCUT2D eigenvalue weighted by Gasteiger charge is -2.19. The number of nitriles is 1. The van der Waals surface area contributed by atoms with Crippen molar-refractivity contribution in [3.63, 3.8) is 0 Å². The Kier molecular flexibility index (Phi) is 7.34. The van der Waals surface area contributed by atoms with Gasteiger partial charge in [0, 0.05) is 11.8 Å². The highest BCUT2D eigenvalue weighted by Gasteiger charge is 2.17. The molecule has 0 aliphatic heterocycles. The molecule has 0 aliphatic carbocycles. The monoisotopic (exact) mass is 491 g/mol. The Labute approximate surface area is 223 Å². The van der Waals surface area contributed by atoms with E-state index in [2.05, 4.69) is 109 Å². The molecule has 0 aliphatic rings. The van der Waals surface area contributed by atoms with Crippen LogP contribution in [0, 0.1) is 11.3 Å². The Hall–Kier alpha value is -5.07. The smallest absolute Gasteiger partial charge is 0.0988 e. The van der Waals surface area contributed by atoms with Crippen molar-refractivity contribution in [3.8, 4) is 17.2 Å². The number of rotatable bonds is 7. The van der Waals surface area contributed by atoms with E-state index < -0.39 is 0 Å². The third kappa shape index (κ3) is 4.81. The number of nitrogens with two attached hydrogens (primary N) is 2. The highest BCUT2D eigenvalue weighted by Crippen LogP contribution is 2.43. The van der Waals surface area contributed by atoms with Crippen LogP contribution < -0.4 is 11.5 Å². The van der Waals surface area contributed by atoms with Crippen LogP contribution in [0.5, 0.6) is 0 Å². The summed E-state index contributed by atoms with van der Waals surface area (Å²) in [7, 11) is 0. The van der Waals surface area contributed by atoms with E-state index >= 15 is 0 Å². The number of hydrogen-bond acceptors (Lipinski definition) is 3. The van der Waals surface area contributed by atoms with Gasteiger partial charge in [-0.25, -0.2) is 0 Å². The van der Waals surface area contributed by atoms with Gasteiger partial charge < -0.3 is 11.5 Å². The molecule has 0 heterocycles. The van der Waals surface area contributed by atoms with E-state index in [1.165, 1.54) is 44.3 Å². The van der Waals surface area contributed by atoms with Crippen molar-refractivity contribution in [2.75, 3.05) is 0 Å². The molecule has 184 valence electrons. The van der Waals surface area contributed by atoms with Gasteiger partial charge in [-0.1, -0.05) is 97.1 Å². The zero-order valence-corrected chi connectivity index (χ0v) is 21.1. The lowest BCUT2D eigenvalue weighted by Crippen LogP contribution is -1.95. The van der Waals surface area contributed by atoms with Gasteiger partial charge in [-0.3, -0.25) is 0 Å². The van der Waals surface area contributed by atoms with Gasteiger partial charge in [-0.05, 0) is 91.8 Å². The predicted molar refractivity (Wildman–Crippen MR) is 162 cm³/mol. The minimum Gasteiger partial charge on any atom is -0.405 e. The van der Waals surface area contributed by atoms with Crippen LogP contribution in [0.1, 0.15) is 18.4 Å². The molecule has 0 saturated carbocycles. The summed E-state index contributed by atoms with van der Waals surface area (Å²) in [4.78, 5) is 0. The molecule has 0 radical (unpaired) electrons. The molecule has 0 amide bonds. The Bertz CT molecular complexity index is 1780. The molecule has 0 aromatic heterocycles. The van der Waals surface area contributed by atoms with Crippen LogP contribution in [-0.4, -0.2) is 0 Å². The van der Waals surface area contributed by atoms with Crippen LogP contribution in [0.15, 0.2) is 133 Å². The normalized spacial score (nSPS) is 12.7. The SMILES string of the molecule is N#CC(/C=C\N)=C/CC/C=C\C(=C/N)c1c2ccccc2c(-c2ccccc2)c2cc3ccccc3cc12. The number of nitrogens with zero attached hydrogens (tertiary/aromatic N) is 1. The van der Waals surface area contributed by atoms with Crippen molar-refractivity contribution in [1.82, 2.24) is 0 Å². The standard InChI is InChI=1S/C35H29N3/c36-20-19-25(23-37)11-3-1-6-16-29(24-38)35-31-18-10-9-17-30(31)34(26-12-4-2-5-13-26)32-21-27-14-7-8-15-28(27)22-33(32)35/h2,4-22,24H,1,3,36,38H2/b16-6-,20-19-,25-11+,29-24+. The molecule has 38 heavy (non-hydrogen) atoms. The fraction of sp³-hybridized carbons (Fsp3) is 0.0571. The van der Waals surface area contributed by atoms with Crippen molar-refractivity contribution in [2.24, 2.45) is 11.5 Å². The lowest BCUT2D eigenvalue weighted by atomic mass is 9.85. The molecular formula is C35H29N3. The van der Waals surface area contributed by atoms with Crippen molar-refractivity contribution < 1.29 is 0 Å². The Morgan fingerprint density at radius 2 is 1.37 bits per heavy atom. The summed E-state index contributed by atoms with van der Waals surface area (Å²) in [5, 5.41) is 16.3. The van der Waals surface area contributed by atoms with E-state index in [4.69, 9.17) is 11.5 Å². The average Bonchev–Trinajstić information content (AvgIpc) is 2.97. The van der Waals surface area contributed by atoms with Gasteiger partial charge in [0.1, 0.15) is 0 Å². The van der Waals surface area contributed by atoms with Gasteiger partial charge in [0.05, 0.1) is 6.07 Å². The zero-order chi connectivity index (χ0) is 26.3. The molecule has 5 aromatic carbocycles. The molecule has 5 rings (SSSR count). The van der Waals surface area contributed by atoms with Crippen molar-refractivity contribution >= 4 is 37.9 Å². The first kappa shape index (κ1) is 24.6. The van der Waals surface area contributed by atoms with E-state index in [-0.39, 0.29) is 0 Å². The molecule has 0 bridgehead atoms. The van der Waals surface area contributed by atoms with E-state index in [1.54, 1.807) is 12.3 Å². The molecule has 0 saturated heterocycles. The summed E-state index contributed by atoms with van der Waals surface area (Å²) in [6.07, 6.45) is 12.3. The highest BCUT2D eigenvalue weighted by molar-refractivity contribution is 6.21. The van der Waals surface area contributed by atoms with Crippen LogP contribution in [0.25, 0.3) is 49.0 Å². The number of hydrogen-bond donors (Lipinski definition) is 2. The topological polar surface area (TPSA) is 75.8 Å². The second-order valence-corrected chi connectivity index (χ2v) is 9.14. The summed E-state index contributed by atoms with van der Waals surface area (Å²) in [6, 6.07) is 34.4. The van der Waals surface area contributed by atoms with Crippen LogP contribution in [0.3, 0.4) is 0 Å². The fourth-order valence-corrected chi connectivity index (χ4v) is 5.11. The molecular weight excluding hydrogens is 462 g/mol. The first-order chi connectivity index (χ1) is 18.7. The molecule has 0 fully saturated rings. The average molecular weight is 492 g/mol. The molecule has 3 heteroatoms. The zero-order valence-electron chi connectivity index (χ0n) is 21.1. The third-order valence-electron chi connectivity index (χ3n) is 6.82. The maximum absolute atomic E-state index is 9.20. The van der Waals surface area contributed by atoms with Crippen molar-refractivity contribution in [1.29, 1.82) is 5.26 Å². The Balaban J connectivity index is 1.72. The summed E-state index contributed by atoms with van der Waals surface area (Å²) in [6.45, 7) is 0. The summed E-state index contributed by atoms with van der Waals surface area (Å²) in [5.74, 6) is 0. The lowest BCUT2D eigenvalue weighted by molar-refractivity contribution is 1.05.